The Morgan fingerprint density at radius 3 is 2.42 bits per heavy atom. The lowest BCUT2D eigenvalue weighted by Crippen LogP contribution is -2.49. The molecule has 1 aromatic heterocycles. The Hall–Kier alpha value is -2.71. The highest BCUT2D eigenvalue weighted by Crippen LogP contribution is 2.29. The molecular weight excluding hydrogens is 419 g/mol. The summed E-state index contributed by atoms with van der Waals surface area (Å²) in [6, 6.07) is 12.9. The number of morpholine rings is 1. The molecule has 0 spiro atoms. The second-order valence-corrected chi connectivity index (χ2v) is 10.0. The number of aromatic nitrogens is 1. The van der Waals surface area contributed by atoms with E-state index in [1.54, 1.807) is 39.8 Å². The van der Waals surface area contributed by atoms with Gasteiger partial charge in [-0.2, -0.15) is 0 Å². The van der Waals surface area contributed by atoms with Crippen LogP contribution in [-0.4, -0.2) is 49.1 Å². The highest BCUT2D eigenvalue weighted by atomic mass is 32.2. The van der Waals surface area contributed by atoms with Gasteiger partial charge < -0.3 is 14.2 Å². The number of hydrogen-bond donors (Lipinski definition) is 0. The molecule has 0 N–H and O–H groups in total. The number of nitrogens with zero attached hydrogens (tertiary/aromatic N) is 2. The van der Waals surface area contributed by atoms with Crippen molar-refractivity contribution in [2.24, 2.45) is 0 Å². The molecule has 1 amide bonds. The lowest BCUT2D eigenvalue weighted by atomic mass is 10.2. The number of carbonyl (C=O) groups is 1. The fourth-order valence-electron chi connectivity index (χ4n) is 4.12. The Morgan fingerprint density at radius 2 is 1.71 bits per heavy atom. The van der Waals surface area contributed by atoms with Gasteiger partial charge in [0, 0.05) is 35.8 Å². The minimum absolute atomic E-state index is 0.0230. The van der Waals surface area contributed by atoms with Crippen LogP contribution in [0, 0.1) is 5.82 Å². The molecule has 6 nitrogen and oxygen atoms in total. The smallest absolute Gasteiger partial charge is 0.242 e. The van der Waals surface area contributed by atoms with Gasteiger partial charge >= 0.3 is 0 Å². The van der Waals surface area contributed by atoms with Crippen molar-refractivity contribution >= 4 is 26.6 Å². The summed E-state index contributed by atoms with van der Waals surface area (Å²) >= 11 is 0. The van der Waals surface area contributed by atoms with Crippen molar-refractivity contribution in [3.8, 4) is 0 Å². The van der Waals surface area contributed by atoms with Gasteiger partial charge in [-0.3, -0.25) is 4.79 Å². The largest absolute Gasteiger partial charge is 0.372 e. The maximum absolute atomic E-state index is 14.1. The summed E-state index contributed by atoms with van der Waals surface area (Å²) in [5.41, 5.74) is 0.768. The number of ether oxygens (including phenoxy) is 1. The Morgan fingerprint density at radius 1 is 1.06 bits per heavy atom. The van der Waals surface area contributed by atoms with Crippen molar-refractivity contribution in [3.05, 3.63) is 66.1 Å². The zero-order chi connectivity index (χ0) is 22.2. The number of carbonyl (C=O) groups excluding carboxylic acids is 1. The Kier molecular flexibility index (Phi) is 5.85. The van der Waals surface area contributed by atoms with Gasteiger partial charge in [0.1, 0.15) is 12.4 Å². The number of fused-ring (bicyclic) bond motifs is 1. The van der Waals surface area contributed by atoms with E-state index < -0.39 is 21.4 Å². The normalized spacial score (nSPS) is 19.6. The zero-order valence-corrected chi connectivity index (χ0v) is 18.3. The van der Waals surface area contributed by atoms with E-state index in [2.05, 4.69) is 0 Å². The van der Waals surface area contributed by atoms with E-state index in [1.807, 2.05) is 13.8 Å². The molecule has 3 aromatic rings. The second-order valence-electron chi connectivity index (χ2n) is 8.04. The monoisotopic (exact) mass is 444 g/mol. The molecule has 164 valence electrons. The number of para-hydroxylation sites is 1. The molecule has 1 fully saturated rings. The van der Waals surface area contributed by atoms with Crippen LogP contribution in [0.3, 0.4) is 0 Å². The maximum Gasteiger partial charge on any atom is 0.242 e. The molecule has 1 aliphatic heterocycles. The minimum Gasteiger partial charge on any atom is -0.372 e. The van der Waals surface area contributed by atoms with Crippen molar-refractivity contribution in [3.63, 3.8) is 0 Å². The molecule has 2 aromatic carbocycles. The van der Waals surface area contributed by atoms with Crippen LogP contribution in [0.25, 0.3) is 10.9 Å². The highest BCUT2D eigenvalue weighted by molar-refractivity contribution is 7.90. The van der Waals surface area contributed by atoms with Gasteiger partial charge in [-0.15, -0.1) is 0 Å². The first-order valence-corrected chi connectivity index (χ1v) is 11.9. The van der Waals surface area contributed by atoms with Crippen molar-refractivity contribution in [1.29, 1.82) is 0 Å². The third-order valence-corrected chi connectivity index (χ3v) is 7.15. The van der Waals surface area contributed by atoms with E-state index in [0.29, 0.717) is 24.0 Å². The number of benzene rings is 2. The summed E-state index contributed by atoms with van der Waals surface area (Å²) in [6.07, 6.45) is 1.39. The third-order valence-electron chi connectivity index (χ3n) is 5.47. The number of halogens is 1. The SMILES string of the molecule is C[C@@H]1CN(C(=O)Cn2cc(S(=O)(=O)Cc3ccccc3F)c3ccccc32)C[C@H](C)O1. The fraction of sp³-hybridized carbons (Fsp3) is 0.348. The summed E-state index contributed by atoms with van der Waals surface area (Å²) in [5.74, 6) is -1.10. The van der Waals surface area contributed by atoms with Gasteiger partial charge in [0.25, 0.3) is 0 Å². The average Bonchev–Trinajstić information content (AvgIpc) is 3.08. The molecule has 0 radical (unpaired) electrons. The summed E-state index contributed by atoms with van der Waals surface area (Å²) < 4.78 is 47.7. The first kappa shape index (κ1) is 21.5. The molecule has 0 bridgehead atoms. The Labute approximate surface area is 181 Å². The van der Waals surface area contributed by atoms with Crippen molar-refractivity contribution in [2.45, 2.75) is 43.2 Å². The first-order chi connectivity index (χ1) is 14.7. The summed E-state index contributed by atoms with van der Waals surface area (Å²) in [6.45, 7) is 4.87. The number of sulfone groups is 1. The molecule has 8 heteroatoms. The van der Waals surface area contributed by atoms with E-state index >= 15 is 0 Å². The molecule has 4 rings (SSSR count). The molecule has 2 atom stereocenters. The summed E-state index contributed by atoms with van der Waals surface area (Å²) in [4.78, 5) is 14.8. The minimum atomic E-state index is -3.83. The van der Waals surface area contributed by atoms with Gasteiger partial charge in [-0.25, -0.2) is 12.8 Å². The average molecular weight is 445 g/mol. The van der Waals surface area contributed by atoms with Gasteiger partial charge in [-0.1, -0.05) is 36.4 Å². The summed E-state index contributed by atoms with van der Waals surface area (Å²) in [5, 5.41) is 0.523. The lowest BCUT2D eigenvalue weighted by Gasteiger charge is -2.35. The Bertz CT molecular complexity index is 1210. The van der Waals surface area contributed by atoms with Crippen molar-refractivity contribution in [1.82, 2.24) is 9.47 Å². The molecule has 1 aliphatic rings. The maximum atomic E-state index is 14.1. The van der Waals surface area contributed by atoms with Crippen molar-refractivity contribution < 1.29 is 22.3 Å². The van der Waals surface area contributed by atoms with Gasteiger partial charge in [-0.05, 0) is 26.0 Å². The van der Waals surface area contributed by atoms with Crippen LogP contribution in [0.15, 0.2) is 59.6 Å². The van der Waals surface area contributed by atoms with Crippen LogP contribution in [0.1, 0.15) is 19.4 Å². The van der Waals surface area contributed by atoms with E-state index in [0.717, 1.165) is 0 Å². The Balaban J connectivity index is 1.66. The first-order valence-electron chi connectivity index (χ1n) is 10.2. The van der Waals surface area contributed by atoms with E-state index in [-0.39, 0.29) is 35.1 Å². The quantitative estimate of drug-likeness (QED) is 0.605. The van der Waals surface area contributed by atoms with Gasteiger partial charge in [0.15, 0.2) is 9.84 Å². The molecule has 0 unspecified atom stereocenters. The molecule has 1 saturated heterocycles. The van der Waals surface area contributed by atoms with Gasteiger partial charge in [0.2, 0.25) is 5.91 Å². The number of rotatable bonds is 5. The second kappa shape index (κ2) is 8.43. The van der Waals surface area contributed by atoms with Crippen LogP contribution >= 0.6 is 0 Å². The van der Waals surface area contributed by atoms with E-state index in [9.17, 15) is 17.6 Å². The van der Waals surface area contributed by atoms with Gasteiger partial charge in [0.05, 0.1) is 22.9 Å². The standard InChI is InChI=1S/C23H25FN2O4S/c1-16-11-26(12-17(2)30-16)23(27)14-25-13-22(19-8-4-6-10-21(19)25)31(28,29)15-18-7-3-5-9-20(18)24/h3-10,13,16-17H,11-12,14-15H2,1-2H3/t16-,17+. The highest BCUT2D eigenvalue weighted by Gasteiger charge is 2.28. The van der Waals surface area contributed by atoms with Crippen LogP contribution in [0.2, 0.25) is 0 Å². The predicted molar refractivity (Wildman–Crippen MR) is 116 cm³/mol. The van der Waals surface area contributed by atoms with Crippen molar-refractivity contribution in [2.75, 3.05) is 13.1 Å². The molecular formula is C23H25FN2O4S. The van der Waals surface area contributed by atoms with Crippen LogP contribution in [-0.2, 0) is 31.7 Å². The third kappa shape index (κ3) is 4.50. The fourth-order valence-corrected chi connectivity index (χ4v) is 5.71. The zero-order valence-electron chi connectivity index (χ0n) is 17.5. The predicted octanol–water partition coefficient (Wildman–Crippen LogP) is 3.39. The molecule has 0 saturated carbocycles. The van der Waals surface area contributed by atoms with Crippen LogP contribution in [0.4, 0.5) is 4.39 Å². The number of amides is 1. The summed E-state index contributed by atoms with van der Waals surface area (Å²) in [7, 11) is -3.83. The van der Waals surface area contributed by atoms with E-state index in [1.165, 1.54) is 24.4 Å². The topological polar surface area (TPSA) is 68.6 Å². The van der Waals surface area contributed by atoms with E-state index in [4.69, 9.17) is 4.74 Å². The lowest BCUT2D eigenvalue weighted by molar-refractivity contribution is -0.143. The molecule has 2 heterocycles. The number of hydrogen-bond acceptors (Lipinski definition) is 4. The van der Waals surface area contributed by atoms with Crippen LogP contribution < -0.4 is 0 Å². The molecule has 31 heavy (non-hydrogen) atoms. The molecule has 0 aliphatic carbocycles. The van der Waals surface area contributed by atoms with Crippen LogP contribution in [0.5, 0.6) is 0 Å².